The molecule has 1 saturated carbocycles. The second kappa shape index (κ2) is 6.71. The van der Waals surface area contributed by atoms with Crippen LogP contribution in [-0.4, -0.2) is 17.0 Å². The molecule has 0 amide bonds. The van der Waals surface area contributed by atoms with Crippen molar-refractivity contribution in [3.8, 4) is 11.1 Å². The van der Waals surface area contributed by atoms with Gasteiger partial charge in [-0.25, -0.2) is 0 Å². The number of rotatable bonds is 2. The molecule has 4 heteroatoms. The summed E-state index contributed by atoms with van der Waals surface area (Å²) in [5.41, 5.74) is 4.93. The molecule has 3 unspecified atom stereocenters. The monoisotopic (exact) mass is 340 g/mol. The molecular formula is C19H20N2S2. The largest absolute Gasteiger partial charge is 0.258 e. The van der Waals surface area contributed by atoms with Gasteiger partial charge in [-0.3, -0.25) is 9.71 Å². The van der Waals surface area contributed by atoms with E-state index in [1.165, 1.54) is 16.8 Å². The van der Waals surface area contributed by atoms with Crippen LogP contribution in [0.2, 0.25) is 0 Å². The van der Waals surface area contributed by atoms with Crippen LogP contribution in [0.5, 0.6) is 0 Å². The molecule has 2 fully saturated rings. The van der Waals surface area contributed by atoms with Crippen LogP contribution in [0.4, 0.5) is 5.69 Å². The first-order valence-electron chi connectivity index (χ1n) is 8.09. The van der Waals surface area contributed by atoms with E-state index in [1.807, 2.05) is 10.8 Å². The fourth-order valence-electron chi connectivity index (χ4n) is 3.37. The lowest BCUT2D eigenvalue weighted by molar-refractivity contribution is 0.416. The zero-order valence-electron chi connectivity index (χ0n) is 13.1. The molecule has 2 aromatic rings. The highest BCUT2D eigenvalue weighted by atomic mass is 33.1. The number of aliphatic imine (C=N–C) groups is 1. The topological polar surface area (TPSA) is 24.4 Å². The summed E-state index contributed by atoms with van der Waals surface area (Å²) in [6, 6.07) is 19.8. The van der Waals surface area contributed by atoms with E-state index in [-0.39, 0.29) is 0 Å². The highest BCUT2D eigenvalue weighted by molar-refractivity contribution is 8.76. The third kappa shape index (κ3) is 3.35. The van der Waals surface area contributed by atoms with E-state index in [0.29, 0.717) is 17.2 Å². The molecule has 1 saturated heterocycles. The van der Waals surface area contributed by atoms with Crippen molar-refractivity contribution in [2.24, 2.45) is 10.9 Å². The summed E-state index contributed by atoms with van der Waals surface area (Å²) in [4.78, 5) is 4.93. The molecule has 0 radical (unpaired) electrons. The summed E-state index contributed by atoms with van der Waals surface area (Å²) in [7, 11) is 3.77. The van der Waals surface area contributed by atoms with Crippen molar-refractivity contribution in [3.63, 3.8) is 0 Å². The maximum Gasteiger partial charge on any atom is 0.0629 e. The molecule has 1 aliphatic carbocycles. The highest BCUT2D eigenvalue weighted by Gasteiger charge is 2.38. The Hall–Kier alpha value is -1.23. The van der Waals surface area contributed by atoms with E-state index in [0.717, 1.165) is 18.5 Å². The minimum absolute atomic E-state index is 0.643. The molecule has 3 atom stereocenters. The fourth-order valence-corrected chi connectivity index (χ4v) is 6.29. The average Bonchev–Trinajstić information content (AvgIpc) is 3.05. The van der Waals surface area contributed by atoms with Crippen molar-refractivity contribution in [1.82, 2.24) is 4.72 Å². The van der Waals surface area contributed by atoms with Crippen LogP contribution < -0.4 is 4.72 Å². The lowest BCUT2D eigenvalue weighted by atomic mass is 9.84. The first-order chi connectivity index (χ1) is 11.3. The van der Waals surface area contributed by atoms with Crippen LogP contribution in [0.25, 0.3) is 11.1 Å². The zero-order chi connectivity index (χ0) is 15.6. The van der Waals surface area contributed by atoms with Gasteiger partial charge in [0.15, 0.2) is 0 Å². The van der Waals surface area contributed by atoms with Gasteiger partial charge in [-0.05, 0) is 46.6 Å². The smallest absolute Gasteiger partial charge is 0.0629 e. The van der Waals surface area contributed by atoms with E-state index in [1.54, 1.807) is 11.0 Å². The predicted octanol–water partition coefficient (Wildman–Crippen LogP) is 5.49. The molecule has 0 spiro atoms. The summed E-state index contributed by atoms with van der Waals surface area (Å²) in [5, 5.41) is 0.672. The van der Waals surface area contributed by atoms with Crippen molar-refractivity contribution in [2.45, 2.75) is 31.1 Å². The Bertz CT molecular complexity index is 697. The molecule has 2 nitrogen and oxygen atoms in total. The van der Waals surface area contributed by atoms with Gasteiger partial charge in [-0.2, -0.15) is 0 Å². The Morgan fingerprint density at radius 2 is 1.70 bits per heavy atom. The second-order valence-corrected chi connectivity index (χ2v) is 8.62. The van der Waals surface area contributed by atoms with E-state index in [9.17, 15) is 0 Å². The van der Waals surface area contributed by atoms with Crippen molar-refractivity contribution in [1.29, 1.82) is 0 Å². The average molecular weight is 341 g/mol. The van der Waals surface area contributed by atoms with Gasteiger partial charge in [0.25, 0.3) is 0 Å². The lowest BCUT2D eigenvalue weighted by Crippen LogP contribution is -2.41. The minimum Gasteiger partial charge on any atom is -0.258 e. The molecule has 1 N–H and O–H groups in total. The van der Waals surface area contributed by atoms with Gasteiger partial charge in [0.05, 0.1) is 5.69 Å². The van der Waals surface area contributed by atoms with Crippen molar-refractivity contribution >= 4 is 33.2 Å². The van der Waals surface area contributed by atoms with E-state index < -0.39 is 0 Å². The van der Waals surface area contributed by atoms with E-state index in [4.69, 9.17) is 4.99 Å². The molecule has 23 heavy (non-hydrogen) atoms. The Morgan fingerprint density at radius 3 is 2.48 bits per heavy atom. The van der Waals surface area contributed by atoms with Crippen LogP contribution in [-0.2, 0) is 0 Å². The van der Waals surface area contributed by atoms with Gasteiger partial charge in [0.2, 0.25) is 0 Å². The molecule has 118 valence electrons. The second-order valence-electron chi connectivity index (χ2n) is 6.34. The normalized spacial score (nSPS) is 28.7. The number of nitrogens with one attached hydrogen (secondary N) is 1. The van der Waals surface area contributed by atoms with Crippen LogP contribution in [0.1, 0.15) is 19.8 Å². The predicted molar refractivity (Wildman–Crippen MR) is 103 cm³/mol. The molecule has 2 aliphatic rings. The number of hydrogen-bond acceptors (Lipinski definition) is 4. The number of hydrogen-bond donors (Lipinski definition) is 1. The Kier molecular flexibility index (Phi) is 4.47. The first-order valence-corrected chi connectivity index (χ1v) is 10.3. The molecule has 1 aliphatic heterocycles. The quantitative estimate of drug-likeness (QED) is 0.577. The molecule has 0 aromatic heterocycles. The van der Waals surface area contributed by atoms with Crippen LogP contribution >= 0.6 is 21.8 Å². The minimum atomic E-state index is 0.643. The summed E-state index contributed by atoms with van der Waals surface area (Å²) in [6.07, 6.45) is 2.22. The van der Waals surface area contributed by atoms with Gasteiger partial charge < -0.3 is 0 Å². The highest BCUT2D eigenvalue weighted by Crippen LogP contribution is 2.43. The number of fused-ring (bicyclic) bond motifs is 1. The standard InChI is InChI=1S/C19H20N2S2/c1-13-11-17(12-18-19(13)21-23-22-18)20-16-9-7-15(8-10-16)14-5-3-2-4-6-14/h2-10,13,18-19,21H,11-12H2,1H3. The third-order valence-corrected chi connectivity index (χ3v) is 7.12. The third-order valence-electron chi connectivity index (χ3n) is 4.63. The van der Waals surface area contributed by atoms with Crippen LogP contribution in [0, 0.1) is 5.92 Å². The van der Waals surface area contributed by atoms with Crippen molar-refractivity contribution in [2.75, 3.05) is 0 Å². The van der Waals surface area contributed by atoms with Gasteiger partial charge in [0, 0.05) is 23.4 Å². The van der Waals surface area contributed by atoms with E-state index >= 15 is 0 Å². The summed E-state index contributed by atoms with van der Waals surface area (Å²) < 4.78 is 3.54. The fraction of sp³-hybridized carbons (Fsp3) is 0.316. The van der Waals surface area contributed by atoms with Gasteiger partial charge in [-0.1, -0.05) is 60.2 Å². The molecule has 0 bridgehead atoms. The van der Waals surface area contributed by atoms with Crippen molar-refractivity contribution in [3.05, 3.63) is 54.6 Å². The van der Waals surface area contributed by atoms with Gasteiger partial charge >= 0.3 is 0 Å². The molecule has 2 aromatic carbocycles. The summed E-state index contributed by atoms with van der Waals surface area (Å²) in [6.45, 7) is 2.34. The van der Waals surface area contributed by atoms with Crippen LogP contribution in [0.3, 0.4) is 0 Å². The number of benzene rings is 2. The maximum atomic E-state index is 4.93. The summed E-state index contributed by atoms with van der Waals surface area (Å²) >= 11 is 0. The lowest BCUT2D eigenvalue weighted by Gasteiger charge is -2.30. The van der Waals surface area contributed by atoms with E-state index in [2.05, 4.69) is 66.2 Å². The zero-order valence-corrected chi connectivity index (χ0v) is 14.7. The summed E-state index contributed by atoms with van der Waals surface area (Å²) in [5.74, 6) is 0.665. The maximum absolute atomic E-state index is 4.93. The van der Waals surface area contributed by atoms with Gasteiger partial charge in [0.1, 0.15) is 0 Å². The molecule has 4 rings (SSSR count). The molecular weight excluding hydrogens is 320 g/mol. The Balaban J connectivity index is 1.52. The Labute approximate surface area is 145 Å². The SMILES string of the molecule is CC1CC(=Nc2ccc(-c3ccccc3)cc2)CC2SSNC12. The first kappa shape index (κ1) is 15.3. The molecule has 1 heterocycles. The van der Waals surface area contributed by atoms with Crippen LogP contribution in [0.15, 0.2) is 59.6 Å². The van der Waals surface area contributed by atoms with Crippen molar-refractivity contribution < 1.29 is 0 Å². The van der Waals surface area contributed by atoms with Gasteiger partial charge in [-0.15, -0.1) is 0 Å². The number of nitrogens with zero attached hydrogens (tertiary/aromatic N) is 1. The Morgan fingerprint density at radius 1 is 0.957 bits per heavy atom.